The summed E-state index contributed by atoms with van der Waals surface area (Å²) in [5, 5.41) is 0. The largest absolute Gasteiger partial charge is 0.344 e. The lowest BCUT2D eigenvalue weighted by Gasteiger charge is -2.32. The fourth-order valence-corrected chi connectivity index (χ4v) is 2.17. The molecule has 106 valence electrons. The molecule has 1 aliphatic rings. The molecule has 0 aromatic heterocycles. The zero-order chi connectivity index (χ0) is 13.5. The molecule has 0 unspecified atom stereocenters. The Labute approximate surface area is 111 Å². The van der Waals surface area contributed by atoms with Gasteiger partial charge in [0.25, 0.3) is 0 Å². The lowest BCUT2D eigenvalue weighted by Crippen LogP contribution is -2.46. The number of hydrogen-bond donors (Lipinski definition) is 1. The molecule has 0 aromatic rings. The molecule has 5 heteroatoms. The maximum atomic E-state index is 11.8. The first-order valence-corrected chi connectivity index (χ1v) is 6.96. The lowest BCUT2D eigenvalue weighted by atomic mass is 10.2. The summed E-state index contributed by atoms with van der Waals surface area (Å²) in [6.45, 7) is 8.41. The van der Waals surface area contributed by atoms with Crippen LogP contribution in [0.1, 0.15) is 19.8 Å². The van der Waals surface area contributed by atoms with Crippen LogP contribution in [0.3, 0.4) is 0 Å². The van der Waals surface area contributed by atoms with Gasteiger partial charge in [0.05, 0.1) is 6.04 Å². The van der Waals surface area contributed by atoms with Crippen LogP contribution in [0.25, 0.3) is 0 Å². The van der Waals surface area contributed by atoms with Crippen molar-refractivity contribution in [2.24, 2.45) is 5.73 Å². The fourth-order valence-electron chi connectivity index (χ4n) is 2.17. The van der Waals surface area contributed by atoms with Crippen molar-refractivity contribution in [1.29, 1.82) is 0 Å². The number of carbonyl (C=O) groups excluding carboxylic acids is 1. The molecule has 0 radical (unpaired) electrons. The summed E-state index contributed by atoms with van der Waals surface area (Å²) >= 11 is 0. The average molecular weight is 256 g/mol. The molecule has 1 aliphatic heterocycles. The van der Waals surface area contributed by atoms with Crippen LogP contribution in [0.5, 0.6) is 0 Å². The highest BCUT2D eigenvalue weighted by Crippen LogP contribution is 2.01. The number of likely N-dealkylation sites (N-methyl/N-ethyl adjacent to an activating group) is 2. The standard InChI is InChI=1S/C13H28N4O/c1-4-12(14)13(18)16(3)6-5-7-17-10-8-15(2)9-11-17/h12H,4-11,14H2,1-3H3/t12-/m1/s1. The van der Waals surface area contributed by atoms with Crippen LogP contribution in [0.2, 0.25) is 0 Å². The molecule has 18 heavy (non-hydrogen) atoms. The Morgan fingerprint density at radius 2 is 1.94 bits per heavy atom. The molecule has 1 rings (SSSR count). The number of nitrogens with zero attached hydrogens (tertiary/aromatic N) is 3. The summed E-state index contributed by atoms with van der Waals surface area (Å²) in [5.41, 5.74) is 5.74. The monoisotopic (exact) mass is 256 g/mol. The first-order valence-electron chi connectivity index (χ1n) is 6.96. The topological polar surface area (TPSA) is 52.8 Å². The van der Waals surface area contributed by atoms with Gasteiger partial charge >= 0.3 is 0 Å². The molecule has 1 heterocycles. The van der Waals surface area contributed by atoms with Crippen molar-refractivity contribution < 1.29 is 4.79 Å². The van der Waals surface area contributed by atoms with E-state index in [4.69, 9.17) is 5.73 Å². The lowest BCUT2D eigenvalue weighted by molar-refractivity contribution is -0.131. The van der Waals surface area contributed by atoms with Gasteiger partial charge < -0.3 is 20.4 Å². The zero-order valence-electron chi connectivity index (χ0n) is 12.1. The van der Waals surface area contributed by atoms with E-state index >= 15 is 0 Å². The molecule has 2 N–H and O–H groups in total. The second-order valence-electron chi connectivity index (χ2n) is 5.27. The number of rotatable bonds is 6. The van der Waals surface area contributed by atoms with Crippen molar-refractivity contribution in [2.45, 2.75) is 25.8 Å². The molecular formula is C13H28N4O. The van der Waals surface area contributed by atoms with Crippen molar-refractivity contribution in [2.75, 3.05) is 53.4 Å². The summed E-state index contributed by atoms with van der Waals surface area (Å²) in [5.74, 6) is 0.0656. The predicted molar refractivity (Wildman–Crippen MR) is 74.5 cm³/mol. The minimum Gasteiger partial charge on any atom is -0.344 e. The highest BCUT2D eigenvalue weighted by molar-refractivity contribution is 5.81. The summed E-state index contributed by atoms with van der Waals surface area (Å²) in [4.78, 5) is 18.4. The van der Waals surface area contributed by atoms with E-state index in [0.717, 1.165) is 45.7 Å². The molecule has 0 aliphatic carbocycles. The molecule has 0 aromatic carbocycles. The first-order chi connectivity index (χ1) is 8.54. The van der Waals surface area contributed by atoms with Gasteiger partial charge in [-0.15, -0.1) is 0 Å². The SMILES string of the molecule is CC[C@@H](N)C(=O)N(C)CCCN1CCN(C)CC1. The zero-order valence-corrected chi connectivity index (χ0v) is 12.1. The van der Waals surface area contributed by atoms with Gasteiger partial charge in [-0.2, -0.15) is 0 Å². The third kappa shape index (κ3) is 4.92. The summed E-state index contributed by atoms with van der Waals surface area (Å²) in [6.07, 6.45) is 1.74. The van der Waals surface area contributed by atoms with Gasteiger partial charge in [-0.1, -0.05) is 6.92 Å². The van der Waals surface area contributed by atoms with E-state index in [0.29, 0.717) is 6.42 Å². The van der Waals surface area contributed by atoms with E-state index in [1.165, 1.54) is 0 Å². The first kappa shape index (κ1) is 15.4. The Hall–Kier alpha value is -0.650. The number of hydrogen-bond acceptors (Lipinski definition) is 4. The van der Waals surface area contributed by atoms with Crippen LogP contribution in [0.15, 0.2) is 0 Å². The van der Waals surface area contributed by atoms with E-state index < -0.39 is 0 Å². The van der Waals surface area contributed by atoms with E-state index in [1.807, 2.05) is 14.0 Å². The van der Waals surface area contributed by atoms with Crippen molar-refractivity contribution >= 4 is 5.91 Å². The number of amides is 1. The molecule has 1 saturated heterocycles. The van der Waals surface area contributed by atoms with Crippen LogP contribution in [-0.4, -0.2) is 80.0 Å². The van der Waals surface area contributed by atoms with Crippen LogP contribution >= 0.6 is 0 Å². The van der Waals surface area contributed by atoms with Gasteiger partial charge in [0.15, 0.2) is 0 Å². The van der Waals surface area contributed by atoms with E-state index in [-0.39, 0.29) is 11.9 Å². The quantitative estimate of drug-likeness (QED) is 0.716. The number of carbonyl (C=O) groups is 1. The Morgan fingerprint density at radius 3 is 2.50 bits per heavy atom. The highest BCUT2D eigenvalue weighted by atomic mass is 16.2. The predicted octanol–water partition coefficient (Wildman–Crippen LogP) is -0.180. The normalized spacial score (nSPS) is 19.8. The van der Waals surface area contributed by atoms with E-state index in [1.54, 1.807) is 4.90 Å². The Kier molecular flexibility index (Phi) is 6.60. The van der Waals surface area contributed by atoms with Crippen LogP contribution in [-0.2, 0) is 4.79 Å². The highest BCUT2D eigenvalue weighted by Gasteiger charge is 2.17. The number of nitrogens with two attached hydrogens (primary N) is 1. The maximum absolute atomic E-state index is 11.8. The fraction of sp³-hybridized carbons (Fsp3) is 0.923. The van der Waals surface area contributed by atoms with Crippen molar-refractivity contribution in [3.63, 3.8) is 0 Å². The van der Waals surface area contributed by atoms with Crippen LogP contribution in [0, 0.1) is 0 Å². The van der Waals surface area contributed by atoms with Gasteiger partial charge in [-0.05, 0) is 26.4 Å². The third-order valence-corrected chi connectivity index (χ3v) is 3.70. The third-order valence-electron chi connectivity index (χ3n) is 3.70. The van der Waals surface area contributed by atoms with Crippen molar-refractivity contribution in [3.05, 3.63) is 0 Å². The van der Waals surface area contributed by atoms with Gasteiger partial charge in [0, 0.05) is 39.8 Å². The van der Waals surface area contributed by atoms with E-state index in [9.17, 15) is 4.79 Å². The molecule has 0 bridgehead atoms. The average Bonchev–Trinajstić information content (AvgIpc) is 2.39. The second-order valence-corrected chi connectivity index (χ2v) is 5.27. The smallest absolute Gasteiger partial charge is 0.239 e. The Bertz CT molecular complexity index is 251. The second kappa shape index (κ2) is 7.71. The van der Waals surface area contributed by atoms with Gasteiger partial charge in [-0.25, -0.2) is 0 Å². The van der Waals surface area contributed by atoms with Crippen molar-refractivity contribution in [1.82, 2.24) is 14.7 Å². The van der Waals surface area contributed by atoms with Crippen LogP contribution in [0.4, 0.5) is 0 Å². The summed E-state index contributed by atoms with van der Waals surface area (Å²) < 4.78 is 0. The molecule has 1 fully saturated rings. The van der Waals surface area contributed by atoms with Gasteiger partial charge in [-0.3, -0.25) is 4.79 Å². The van der Waals surface area contributed by atoms with Crippen molar-refractivity contribution in [3.8, 4) is 0 Å². The maximum Gasteiger partial charge on any atom is 0.239 e. The molecule has 5 nitrogen and oxygen atoms in total. The molecule has 0 saturated carbocycles. The molecule has 1 amide bonds. The Morgan fingerprint density at radius 1 is 1.33 bits per heavy atom. The Balaban J connectivity index is 2.15. The molecule has 1 atom stereocenters. The minimum atomic E-state index is -0.335. The summed E-state index contributed by atoms with van der Waals surface area (Å²) in [6, 6.07) is -0.335. The summed E-state index contributed by atoms with van der Waals surface area (Å²) in [7, 11) is 4.01. The van der Waals surface area contributed by atoms with Gasteiger partial charge in [0.1, 0.15) is 0 Å². The molecular weight excluding hydrogens is 228 g/mol. The van der Waals surface area contributed by atoms with Gasteiger partial charge in [0.2, 0.25) is 5.91 Å². The molecule has 0 spiro atoms. The minimum absolute atomic E-state index is 0.0656. The van der Waals surface area contributed by atoms with Crippen LogP contribution < -0.4 is 5.73 Å². The number of piperazine rings is 1. The van der Waals surface area contributed by atoms with E-state index in [2.05, 4.69) is 16.8 Å².